The number of aromatic nitrogens is 1. The molecule has 0 fully saturated rings. The van der Waals surface area contributed by atoms with Gasteiger partial charge in [0.25, 0.3) is 11.6 Å². The number of rotatable bonds is 6. The summed E-state index contributed by atoms with van der Waals surface area (Å²) in [6, 6.07) is 12.7. The first-order chi connectivity index (χ1) is 14.3. The first kappa shape index (κ1) is 20.7. The Hall–Kier alpha value is -4.01. The molecule has 9 nitrogen and oxygen atoms in total. The number of hydrogen-bond donors (Lipinski definition) is 1. The number of aryl methyl sites for hydroxylation is 1. The van der Waals surface area contributed by atoms with Crippen molar-refractivity contribution in [1.82, 2.24) is 4.98 Å². The molecule has 1 atom stereocenters. The number of para-hydroxylation sites is 1. The van der Waals surface area contributed by atoms with E-state index >= 15 is 0 Å². The van der Waals surface area contributed by atoms with Crippen LogP contribution in [-0.4, -0.2) is 35.0 Å². The molecule has 0 aliphatic rings. The third-order valence-corrected chi connectivity index (χ3v) is 4.38. The van der Waals surface area contributed by atoms with Gasteiger partial charge in [0.15, 0.2) is 6.10 Å². The minimum absolute atomic E-state index is 0.0288. The van der Waals surface area contributed by atoms with E-state index < -0.39 is 22.9 Å². The maximum absolute atomic E-state index is 12.7. The van der Waals surface area contributed by atoms with E-state index in [2.05, 4.69) is 10.3 Å². The maximum atomic E-state index is 12.7. The lowest BCUT2D eigenvalue weighted by Crippen LogP contribution is -2.30. The Balaban J connectivity index is 1.79. The zero-order valence-electron chi connectivity index (χ0n) is 16.5. The third-order valence-electron chi connectivity index (χ3n) is 4.38. The molecule has 9 heteroatoms. The monoisotopic (exact) mass is 409 g/mol. The summed E-state index contributed by atoms with van der Waals surface area (Å²) in [5, 5.41) is 14.3. The SMILES string of the molecule is COc1ccc(NC(=O)[C@@H](C)OC(=O)c2cc(C)nc3ccccc23)c([N+](=O)[O-])c1. The van der Waals surface area contributed by atoms with Gasteiger partial charge in [-0.2, -0.15) is 0 Å². The van der Waals surface area contributed by atoms with Crippen LogP contribution in [0.15, 0.2) is 48.5 Å². The zero-order valence-corrected chi connectivity index (χ0v) is 16.5. The smallest absolute Gasteiger partial charge is 0.339 e. The van der Waals surface area contributed by atoms with Gasteiger partial charge in [-0.3, -0.25) is 19.9 Å². The number of benzene rings is 2. The number of nitrogens with zero attached hydrogens (tertiary/aromatic N) is 2. The summed E-state index contributed by atoms with van der Waals surface area (Å²) >= 11 is 0. The molecule has 0 aliphatic heterocycles. The van der Waals surface area contributed by atoms with Crippen LogP contribution in [0.2, 0.25) is 0 Å². The summed E-state index contributed by atoms with van der Waals surface area (Å²) in [7, 11) is 1.38. The highest BCUT2D eigenvalue weighted by Gasteiger charge is 2.24. The lowest BCUT2D eigenvalue weighted by molar-refractivity contribution is -0.384. The predicted octanol–water partition coefficient (Wildman–Crippen LogP) is 3.64. The topological polar surface area (TPSA) is 121 Å². The predicted molar refractivity (Wildman–Crippen MR) is 110 cm³/mol. The number of nitro benzene ring substituents is 1. The van der Waals surface area contributed by atoms with Crippen molar-refractivity contribution in [2.75, 3.05) is 12.4 Å². The molecule has 1 N–H and O–H groups in total. The van der Waals surface area contributed by atoms with Crippen molar-refractivity contribution < 1.29 is 24.0 Å². The second-order valence-corrected chi connectivity index (χ2v) is 6.51. The van der Waals surface area contributed by atoms with E-state index in [1.54, 1.807) is 31.2 Å². The van der Waals surface area contributed by atoms with Gasteiger partial charge in [-0.25, -0.2) is 4.79 Å². The van der Waals surface area contributed by atoms with E-state index in [0.717, 1.165) is 0 Å². The van der Waals surface area contributed by atoms with Crippen LogP contribution < -0.4 is 10.1 Å². The summed E-state index contributed by atoms with van der Waals surface area (Å²) in [5.41, 5.74) is 1.19. The molecular weight excluding hydrogens is 390 g/mol. The van der Waals surface area contributed by atoms with Gasteiger partial charge in [0.2, 0.25) is 0 Å². The highest BCUT2D eigenvalue weighted by atomic mass is 16.6. The van der Waals surface area contributed by atoms with E-state index in [0.29, 0.717) is 16.6 Å². The van der Waals surface area contributed by atoms with Crippen LogP contribution in [0.25, 0.3) is 10.9 Å². The molecule has 1 amide bonds. The van der Waals surface area contributed by atoms with Gasteiger partial charge < -0.3 is 14.8 Å². The Morgan fingerprint density at radius 3 is 2.60 bits per heavy atom. The van der Waals surface area contributed by atoms with E-state index in [1.807, 2.05) is 6.07 Å². The maximum Gasteiger partial charge on any atom is 0.339 e. The van der Waals surface area contributed by atoms with Crippen molar-refractivity contribution in [1.29, 1.82) is 0 Å². The Labute approximate surface area is 171 Å². The van der Waals surface area contributed by atoms with Crippen LogP contribution in [0.4, 0.5) is 11.4 Å². The number of fused-ring (bicyclic) bond motifs is 1. The molecule has 0 saturated carbocycles. The summed E-state index contributed by atoms with van der Waals surface area (Å²) < 4.78 is 10.3. The number of anilines is 1. The number of nitro groups is 1. The molecular formula is C21H19N3O6. The molecule has 0 saturated heterocycles. The first-order valence-corrected chi connectivity index (χ1v) is 9.01. The number of carbonyl (C=O) groups excluding carboxylic acids is 2. The van der Waals surface area contributed by atoms with Crippen molar-refractivity contribution in [2.24, 2.45) is 0 Å². The van der Waals surface area contributed by atoms with Crippen molar-refractivity contribution >= 4 is 34.2 Å². The summed E-state index contributed by atoms with van der Waals surface area (Å²) in [6.07, 6.45) is -1.19. The average molecular weight is 409 g/mol. The summed E-state index contributed by atoms with van der Waals surface area (Å²) in [5.74, 6) is -1.12. The molecule has 0 aliphatic carbocycles. The molecule has 0 radical (unpaired) electrons. The average Bonchev–Trinajstić information content (AvgIpc) is 2.72. The molecule has 3 rings (SSSR count). The fraction of sp³-hybridized carbons (Fsp3) is 0.190. The summed E-state index contributed by atoms with van der Waals surface area (Å²) in [6.45, 7) is 3.14. The molecule has 3 aromatic rings. The number of carbonyl (C=O) groups is 2. The largest absolute Gasteiger partial charge is 0.496 e. The van der Waals surface area contributed by atoms with Crippen LogP contribution >= 0.6 is 0 Å². The van der Waals surface area contributed by atoms with Gasteiger partial charge in [-0.05, 0) is 38.1 Å². The number of nitrogens with one attached hydrogen (secondary N) is 1. The second-order valence-electron chi connectivity index (χ2n) is 6.51. The Bertz CT molecular complexity index is 1140. The van der Waals surface area contributed by atoms with Crippen molar-refractivity contribution in [3.05, 3.63) is 69.9 Å². The molecule has 154 valence electrons. The van der Waals surface area contributed by atoms with Gasteiger partial charge in [-0.15, -0.1) is 0 Å². The molecule has 0 spiro atoms. The van der Waals surface area contributed by atoms with E-state index in [-0.39, 0.29) is 22.7 Å². The quantitative estimate of drug-likeness (QED) is 0.375. The van der Waals surface area contributed by atoms with Crippen LogP contribution in [0.3, 0.4) is 0 Å². The number of amides is 1. The molecule has 1 heterocycles. The van der Waals surface area contributed by atoms with Gasteiger partial charge >= 0.3 is 5.97 Å². The number of pyridine rings is 1. The van der Waals surface area contributed by atoms with Crippen molar-refractivity contribution in [3.8, 4) is 5.75 Å². The number of hydrogen-bond acceptors (Lipinski definition) is 7. The highest BCUT2D eigenvalue weighted by molar-refractivity contribution is 6.05. The van der Waals surface area contributed by atoms with Gasteiger partial charge in [0.1, 0.15) is 11.4 Å². The Kier molecular flexibility index (Phi) is 5.91. The number of ether oxygens (including phenoxy) is 2. The molecule has 2 aromatic carbocycles. The number of methoxy groups -OCH3 is 1. The lowest BCUT2D eigenvalue weighted by Gasteiger charge is -2.15. The van der Waals surface area contributed by atoms with Crippen molar-refractivity contribution in [2.45, 2.75) is 20.0 Å². The highest BCUT2D eigenvalue weighted by Crippen LogP contribution is 2.29. The summed E-state index contributed by atoms with van der Waals surface area (Å²) in [4.78, 5) is 40.2. The van der Waals surface area contributed by atoms with Gasteiger partial charge in [0, 0.05) is 11.1 Å². The Morgan fingerprint density at radius 1 is 1.17 bits per heavy atom. The first-order valence-electron chi connectivity index (χ1n) is 9.01. The Morgan fingerprint density at radius 2 is 1.90 bits per heavy atom. The lowest BCUT2D eigenvalue weighted by atomic mass is 10.1. The molecule has 0 unspecified atom stereocenters. The van der Waals surface area contributed by atoms with E-state index in [1.165, 1.54) is 32.2 Å². The minimum atomic E-state index is -1.19. The van der Waals surface area contributed by atoms with Gasteiger partial charge in [0.05, 0.1) is 29.2 Å². The van der Waals surface area contributed by atoms with E-state index in [9.17, 15) is 19.7 Å². The van der Waals surface area contributed by atoms with Crippen LogP contribution in [-0.2, 0) is 9.53 Å². The van der Waals surface area contributed by atoms with Crippen LogP contribution in [0.1, 0.15) is 23.0 Å². The van der Waals surface area contributed by atoms with Crippen LogP contribution in [0, 0.1) is 17.0 Å². The van der Waals surface area contributed by atoms with Gasteiger partial charge in [-0.1, -0.05) is 18.2 Å². The molecule has 30 heavy (non-hydrogen) atoms. The minimum Gasteiger partial charge on any atom is -0.496 e. The zero-order chi connectivity index (χ0) is 21.8. The number of esters is 1. The van der Waals surface area contributed by atoms with E-state index in [4.69, 9.17) is 9.47 Å². The fourth-order valence-corrected chi connectivity index (χ4v) is 2.88. The molecule has 1 aromatic heterocycles. The van der Waals surface area contributed by atoms with Crippen LogP contribution in [0.5, 0.6) is 5.75 Å². The van der Waals surface area contributed by atoms with Crippen molar-refractivity contribution in [3.63, 3.8) is 0 Å². The standard InChI is InChI=1S/C21H19N3O6/c1-12-10-16(15-6-4-5-7-17(15)22-12)21(26)30-13(2)20(25)23-18-9-8-14(29-3)11-19(18)24(27)28/h4-11,13H,1-3H3,(H,23,25)/t13-/m1/s1. The molecule has 0 bridgehead atoms. The third kappa shape index (κ3) is 4.35. The second kappa shape index (κ2) is 8.56. The normalized spacial score (nSPS) is 11.6. The fourth-order valence-electron chi connectivity index (χ4n) is 2.88.